The number of carboxylic acids is 1. The van der Waals surface area contributed by atoms with Crippen LogP contribution in [0.3, 0.4) is 0 Å². The van der Waals surface area contributed by atoms with Crippen LogP contribution in [-0.2, 0) is 0 Å². The molecular weight excluding hydrogens is 313 g/mol. The van der Waals surface area contributed by atoms with Crippen LogP contribution >= 0.6 is 15.9 Å². The Morgan fingerprint density at radius 1 is 1.21 bits per heavy atom. The van der Waals surface area contributed by atoms with Crippen molar-refractivity contribution in [2.75, 3.05) is 0 Å². The van der Waals surface area contributed by atoms with Gasteiger partial charge in [-0.25, -0.2) is 9.18 Å². The lowest BCUT2D eigenvalue weighted by Crippen LogP contribution is -2.14. The first kappa shape index (κ1) is 13.7. The molecule has 19 heavy (non-hydrogen) atoms. The largest absolute Gasteiger partial charge is 0.478 e. The summed E-state index contributed by atoms with van der Waals surface area (Å²) >= 11 is 3.27. The van der Waals surface area contributed by atoms with E-state index in [-0.39, 0.29) is 5.56 Å². The molecule has 1 atom stereocenters. The SMILES string of the molecule is NC(c1ccc(C(=O)O)cc1)c1cc(Br)ccc1F. The first-order valence-electron chi connectivity index (χ1n) is 5.53. The Balaban J connectivity index is 2.35. The van der Waals surface area contributed by atoms with Gasteiger partial charge in [-0.15, -0.1) is 0 Å². The molecule has 98 valence electrons. The summed E-state index contributed by atoms with van der Waals surface area (Å²) in [7, 11) is 0. The molecule has 0 heterocycles. The van der Waals surface area contributed by atoms with Crippen LogP contribution in [0.5, 0.6) is 0 Å². The molecule has 0 amide bonds. The molecule has 2 rings (SSSR count). The number of aromatic carboxylic acids is 1. The average molecular weight is 324 g/mol. The van der Waals surface area contributed by atoms with E-state index in [2.05, 4.69) is 15.9 Å². The van der Waals surface area contributed by atoms with Crippen molar-refractivity contribution in [3.8, 4) is 0 Å². The third-order valence-corrected chi connectivity index (χ3v) is 3.30. The number of halogens is 2. The van der Waals surface area contributed by atoms with Crippen LogP contribution < -0.4 is 5.73 Å². The second-order valence-corrected chi connectivity index (χ2v) is 4.99. The van der Waals surface area contributed by atoms with Gasteiger partial charge in [-0.1, -0.05) is 28.1 Å². The molecule has 2 aromatic rings. The molecule has 0 spiro atoms. The van der Waals surface area contributed by atoms with Gasteiger partial charge in [-0.3, -0.25) is 0 Å². The number of benzene rings is 2. The van der Waals surface area contributed by atoms with E-state index in [1.54, 1.807) is 24.3 Å². The molecule has 0 aromatic heterocycles. The van der Waals surface area contributed by atoms with Crippen LogP contribution in [0.15, 0.2) is 46.9 Å². The Hall–Kier alpha value is -1.72. The van der Waals surface area contributed by atoms with Gasteiger partial charge in [0.1, 0.15) is 5.82 Å². The fourth-order valence-corrected chi connectivity index (χ4v) is 2.14. The quantitative estimate of drug-likeness (QED) is 0.910. The molecule has 0 aliphatic heterocycles. The number of hydrogen-bond acceptors (Lipinski definition) is 2. The van der Waals surface area contributed by atoms with Gasteiger partial charge in [0.05, 0.1) is 11.6 Å². The van der Waals surface area contributed by atoms with Crippen LogP contribution in [0.4, 0.5) is 4.39 Å². The maximum atomic E-state index is 13.7. The molecule has 0 saturated carbocycles. The van der Waals surface area contributed by atoms with Crippen molar-refractivity contribution in [1.82, 2.24) is 0 Å². The van der Waals surface area contributed by atoms with E-state index >= 15 is 0 Å². The van der Waals surface area contributed by atoms with Crippen molar-refractivity contribution in [2.45, 2.75) is 6.04 Å². The van der Waals surface area contributed by atoms with Crippen LogP contribution in [0, 0.1) is 5.82 Å². The normalized spacial score (nSPS) is 12.2. The molecule has 1 unspecified atom stereocenters. The van der Waals surface area contributed by atoms with Gasteiger partial charge in [-0.05, 0) is 35.9 Å². The lowest BCUT2D eigenvalue weighted by Gasteiger charge is -2.14. The molecule has 3 nitrogen and oxygen atoms in total. The Kier molecular flexibility index (Phi) is 3.97. The molecule has 0 aliphatic rings. The van der Waals surface area contributed by atoms with Crippen molar-refractivity contribution < 1.29 is 14.3 Å². The second-order valence-electron chi connectivity index (χ2n) is 4.07. The first-order chi connectivity index (χ1) is 8.99. The van der Waals surface area contributed by atoms with Gasteiger partial charge in [0.15, 0.2) is 0 Å². The summed E-state index contributed by atoms with van der Waals surface area (Å²) < 4.78 is 14.5. The van der Waals surface area contributed by atoms with Crippen molar-refractivity contribution in [3.63, 3.8) is 0 Å². The fraction of sp³-hybridized carbons (Fsp3) is 0.0714. The van der Waals surface area contributed by atoms with E-state index < -0.39 is 17.8 Å². The Morgan fingerprint density at radius 2 is 1.84 bits per heavy atom. The minimum Gasteiger partial charge on any atom is -0.478 e. The zero-order chi connectivity index (χ0) is 14.0. The molecule has 0 bridgehead atoms. The van der Waals surface area contributed by atoms with Crippen molar-refractivity contribution in [2.24, 2.45) is 5.73 Å². The third kappa shape index (κ3) is 3.00. The van der Waals surface area contributed by atoms with Gasteiger partial charge >= 0.3 is 5.97 Å². The van der Waals surface area contributed by atoms with Gasteiger partial charge in [0.25, 0.3) is 0 Å². The van der Waals surface area contributed by atoms with Gasteiger partial charge in [0, 0.05) is 10.0 Å². The second kappa shape index (κ2) is 5.50. The number of rotatable bonds is 3. The first-order valence-corrected chi connectivity index (χ1v) is 6.32. The van der Waals surface area contributed by atoms with Crippen LogP contribution in [0.25, 0.3) is 0 Å². The fourth-order valence-electron chi connectivity index (χ4n) is 1.77. The molecule has 5 heteroatoms. The molecule has 0 saturated heterocycles. The molecule has 2 aromatic carbocycles. The monoisotopic (exact) mass is 323 g/mol. The topological polar surface area (TPSA) is 63.3 Å². The summed E-state index contributed by atoms with van der Waals surface area (Å²) in [6, 6.07) is 10.00. The van der Waals surface area contributed by atoms with Gasteiger partial charge in [-0.2, -0.15) is 0 Å². The highest BCUT2D eigenvalue weighted by atomic mass is 79.9. The summed E-state index contributed by atoms with van der Waals surface area (Å²) in [6.45, 7) is 0. The summed E-state index contributed by atoms with van der Waals surface area (Å²) in [6.07, 6.45) is 0. The lowest BCUT2D eigenvalue weighted by molar-refractivity contribution is 0.0697. The van der Waals surface area contributed by atoms with Crippen LogP contribution in [-0.4, -0.2) is 11.1 Å². The summed E-state index contributed by atoms with van der Waals surface area (Å²) in [4.78, 5) is 10.8. The van der Waals surface area contributed by atoms with Crippen LogP contribution in [0.2, 0.25) is 0 Å². The number of nitrogens with two attached hydrogens (primary N) is 1. The smallest absolute Gasteiger partial charge is 0.335 e. The van der Waals surface area contributed by atoms with Crippen molar-refractivity contribution in [3.05, 3.63) is 69.4 Å². The highest BCUT2D eigenvalue weighted by Crippen LogP contribution is 2.25. The van der Waals surface area contributed by atoms with E-state index in [4.69, 9.17) is 10.8 Å². The molecule has 0 radical (unpaired) electrons. The maximum absolute atomic E-state index is 13.7. The number of hydrogen-bond donors (Lipinski definition) is 2. The van der Waals surface area contributed by atoms with E-state index in [1.165, 1.54) is 18.2 Å². The minimum atomic E-state index is -1.01. The predicted octanol–water partition coefficient (Wildman–Crippen LogP) is 3.33. The zero-order valence-electron chi connectivity index (χ0n) is 9.81. The maximum Gasteiger partial charge on any atom is 0.335 e. The molecule has 3 N–H and O–H groups in total. The van der Waals surface area contributed by atoms with Crippen molar-refractivity contribution in [1.29, 1.82) is 0 Å². The van der Waals surface area contributed by atoms with E-state index in [9.17, 15) is 9.18 Å². The summed E-state index contributed by atoms with van der Waals surface area (Å²) in [5, 5.41) is 8.81. The van der Waals surface area contributed by atoms with E-state index in [1.807, 2.05) is 0 Å². The molecule has 0 aliphatic carbocycles. The van der Waals surface area contributed by atoms with Crippen molar-refractivity contribution >= 4 is 21.9 Å². The van der Waals surface area contributed by atoms with Crippen LogP contribution in [0.1, 0.15) is 27.5 Å². The highest BCUT2D eigenvalue weighted by Gasteiger charge is 2.14. The Labute approximate surface area is 118 Å². The van der Waals surface area contributed by atoms with Gasteiger partial charge in [0.2, 0.25) is 0 Å². The molecule has 0 fully saturated rings. The standard InChI is InChI=1S/C14H11BrFNO2/c15-10-5-6-12(16)11(7-10)13(17)8-1-3-9(4-2-8)14(18)19/h1-7,13H,17H2,(H,18,19). The summed E-state index contributed by atoms with van der Waals surface area (Å²) in [5.41, 5.74) is 7.19. The lowest BCUT2D eigenvalue weighted by atomic mass is 9.98. The third-order valence-electron chi connectivity index (χ3n) is 2.81. The Morgan fingerprint density at radius 3 is 2.42 bits per heavy atom. The van der Waals surface area contributed by atoms with E-state index in [0.717, 1.165) is 4.47 Å². The van der Waals surface area contributed by atoms with Gasteiger partial charge < -0.3 is 10.8 Å². The zero-order valence-corrected chi connectivity index (χ0v) is 11.4. The Bertz CT molecular complexity index is 613. The average Bonchev–Trinajstić information content (AvgIpc) is 2.41. The summed E-state index contributed by atoms with van der Waals surface area (Å²) in [5.74, 6) is -1.40. The molecular formula is C14H11BrFNO2. The highest BCUT2D eigenvalue weighted by molar-refractivity contribution is 9.10. The number of carboxylic acid groups (broad SMARTS) is 1. The minimum absolute atomic E-state index is 0.172. The predicted molar refractivity (Wildman–Crippen MR) is 73.5 cm³/mol. The van der Waals surface area contributed by atoms with E-state index in [0.29, 0.717) is 11.1 Å². The number of carbonyl (C=O) groups is 1.